The van der Waals surface area contributed by atoms with Crippen molar-refractivity contribution < 1.29 is 14.6 Å². The number of methoxy groups -OCH3 is 1. The first-order valence-electron chi connectivity index (χ1n) is 6.11. The second-order valence-corrected chi connectivity index (χ2v) is 5.84. The molecule has 0 unspecified atom stereocenters. The molecule has 2 rings (SSSR count). The molecule has 4 nitrogen and oxygen atoms in total. The summed E-state index contributed by atoms with van der Waals surface area (Å²) in [7, 11) is 1.55. The molecule has 110 valence electrons. The summed E-state index contributed by atoms with van der Waals surface area (Å²) in [5, 5.41) is 12.9. The van der Waals surface area contributed by atoms with Crippen LogP contribution in [0.15, 0.2) is 36.4 Å². The van der Waals surface area contributed by atoms with Crippen LogP contribution in [0.5, 0.6) is 11.5 Å². The topological polar surface area (TPSA) is 58.6 Å². The number of halogens is 2. The van der Waals surface area contributed by atoms with Crippen LogP contribution < -0.4 is 10.1 Å². The summed E-state index contributed by atoms with van der Waals surface area (Å²) in [5.41, 5.74) is 1.10. The summed E-state index contributed by atoms with van der Waals surface area (Å²) >= 11 is 8.10. The van der Waals surface area contributed by atoms with Crippen LogP contribution in [0.25, 0.3) is 0 Å². The smallest absolute Gasteiger partial charge is 0.251 e. The lowest BCUT2D eigenvalue weighted by Gasteiger charge is -2.11. The maximum Gasteiger partial charge on any atom is 0.251 e. The highest BCUT2D eigenvalue weighted by Crippen LogP contribution is 2.26. The fourth-order valence-corrected chi connectivity index (χ4v) is 2.39. The number of phenols is 1. The van der Waals surface area contributed by atoms with Crippen LogP contribution in [0.2, 0.25) is 5.02 Å². The number of nitrogens with one attached hydrogen (secondary N) is 1. The molecule has 0 aliphatic heterocycles. The average Bonchev–Trinajstić information content (AvgIpc) is 2.48. The lowest BCUT2D eigenvalue weighted by Crippen LogP contribution is -2.23. The SMILES string of the molecule is COc1cccc(Cl)c1CNC(=O)c1ccc(I)c(O)c1. The van der Waals surface area contributed by atoms with Crippen LogP contribution in [0.4, 0.5) is 0 Å². The summed E-state index contributed by atoms with van der Waals surface area (Å²) in [6.07, 6.45) is 0. The molecule has 2 aromatic carbocycles. The third-order valence-electron chi connectivity index (χ3n) is 2.93. The van der Waals surface area contributed by atoms with Crippen LogP contribution in [0.1, 0.15) is 15.9 Å². The Hall–Kier alpha value is -1.47. The van der Waals surface area contributed by atoms with Crippen LogP contribution in [0.3, 0.4) is 0 Å². The molecule has 21 heavy (non-hydrogen) atoms. The Bertz CT molecular complexity index is 676. The minimum Gasteiger partial charge on any atom is -0.507 e. The van der Waals surface area contributed by atoms with Crippen molar-refractivity contribution in [3.8, 4) is 11.5 Å². The lowest BCUT2D eigenvalue weighted by atomic mass is 10.1. The quantitative estimate of drug-likeness (QED) is 0.748. The van der Waals surface area contributed by atoms with Gasteiger partial charge in [0, 0.05) is 22.7 Å². The van der Waals surface area contributed by atoms with E-state index in [1.165, 1.54) is 6.07 Å². The van der Waals surface area contributed by atoms with E-state index >= 15 is 0 Å². The summed E-state index contributed by atoms with van der Waals surface area (Å²) < 4.78 is 5.91. The molecule has 0 aromatic heterocycles. The van der Waals surface area contributed by atoms with E-state index in [1.807, 2.05) is 22.6 Å². The number of hydrogen-bond acceptors (Lipinski definition) is 3. The van der Waals surface area contributed by atoms with Gasteiger partial charge in [-0.25, -0.2) is 0 Å². The van der Waals surface area contributed by atoms with Crippen LogP contribution >= 0.6 is 34.2 Å². The van der Waals surface area contributed by atoms with Crippen LogP contribution in [-0.2, 0) is 6.54 Å². The molecule has 2 aromatic rings. The molecule has 0 radical (unpaired) electrons. The van der Waals surface area contributed by atoms with Crippen molar-refractivity contribution in [1.82, 2.24) is 5.32 Å². The van der Waals surface area contributed by atoms with Crippen LogP contribution in [0, 0.1) is 3.57 Å². The molecular formula is C15H13ClINO3. The second kappa shape index (κ2) is 7.00. The van der Waals surface area contributed by atoms with Gasteiger partial charge in [-0.3, -0.25) is 4.79 Å². The Balaban J connectivity index is 2.13. The van der Waals surface area contributed by atoms with Gasteiger partial charge in [-0.05, 0) is 52.9 Å². The molecule has 0 saturated heterocycles. The fourth-order valence-electron chi connectivity index (χ4n) is 1.83. The molecule has 1 amide bonds. The van der Waals surface area contributed by atoms with Gasteiger partial charge in [0.2, 0.25) is 0 Å². The van der Waals surface area contributed by atoms with Gasteiger partial charge >= 0.3 is 0 Å². The van der Waals surface area contributed by atoms with Gasteiger partial charge in [0.25, 0.3) is 5.91 Å². The number of carbonyl (C=O) groups excluding carboxylic acids is 1. The predicted octanol–water partition coefficient (Wildman–Crippen LogP) is 3.59. The van der Waals surface area contributed by atoms with E-state index < -0.39 is 0 Å². The molecule has 0 spiro atoms. The molecular weight excluding hydrogens is 405 g/mol. The Morgan fingerprint density at radius 3 is 2.81 bits per heavy atom. The van der Waals surface area contributed by atoms with Gasteiger partial charge in [-0.15, -0.1) is 0 Å². The molecule has 2 N–H and O–H groups in total. The van der Waals surface area contributed by atoms with E-state index in [2.05, 4.69) is 5.32 Å². The van der Waals surface area contributed by atoms with Crippen molar-refractivity contribution in [2.75, 3.05) is 7.11 Å². The first-order valence-corrected chi connectivity index (χ1v) is 7.56. The average molecular weight is 418 g/mol. The number of amides is 1. The largest absolute Gasteiger partial charge is 0.507 e. The maximum absolute atomic E-state index is 12.1. The minimum atomic E-state index is -0.288. The summed E-state index contributed by atoms with van der Waals surface area (Å²) in [6.45, 7) is 0.244. The second-order valence-electron chi connectivity index (χ2n) is 4.27. The summed E-state index contributed by atoms with van der Waals surface area (Å²) in [6, 6.07) is 10.1. The van der Waals surface area contributed by atoms with Gasteiger partial charge in [0.1, 0.15) is 11.5 Å². The normalized spacial score (nSPS) is 10.2. The van der Waals surface area contributed by atoms with Crippen molar-refractivity contribution in [2.24, 2.45) is 0 Å². The molecule has 0 aliphatic carbocycles. The first-order chi connectivity index (χ1) is 10.0. The van der Waals surface area contributed by atoms with Crippen molar-refractivity contribution in [3.63, 3.8) is 0 Å². The Kier molecular flexibility index (Phi) is 5.30. The maximum atomic E-state index is 12.1. The number of carbonyl (C=O) groups is 1. The highest BCUT2D eigenvalue weighted by atomic mass is 127. The van der Waals surface area contributed by atoms with Crippen molar-refractivity contribution >= 4 is 40.1 Å². The van der Waals surface area contributed by atoms with Crippen molar-refractivity contribution in [1.29, 1.82) is 0 Å². The Morgan fingerprint density at radius 1 is 1.38 bits per heavy atom. The number of phenolic OH excluding ortho intramolecular Hbond substituents is 1. The van der Waals surface area contributed by atoms with E-state index in [-0.39, 0.29) is 18.2 Å². The zero-order valence-electron chi connectivity index (χ0n) is 11.2. The monoisotopic (exact) mass is 417 g/mol. The third kappa shape index (κ3) is 3.79. The van der Waals surface area contributed by atoms with Gasteiger partial charge in [-0.1, -0.05) is 17.7 Å². The third-order valence-corrected chi connectivity index (χ3v) is 4.20. The summed E-state index contributed by atoms with van der Waals surface area (Å²) in [5.74, 6) is 0.413. The predicted molar refractivity (Wildman–Crippen MR) is 90.0 cm³/mol. The molecule has 6 heteroatoms. The number of rotatable bonds is 4. The van der Waals surface area contributed by atoms with E-state index in [1.54, 1.807) is 37.4 Å². The molecule has 0 aliphatic rings. The van der Waals surface area contributed by atoms with E-state index in [4.69, 9.17) is 16.3 Å². The standard InChI is InChI=1S/C15H13ClINO3/c1-21-14-4-2-3-11(16)10(14)8-18-15(20)9-5-6-12(17)13(19)7-9/h2-7,19H,8H2,1H3,(H,18,20). The fraction of sp³-hybridized carbons (Fsp3) is 0.133. The number of hydrogen-bond donors (Lipinski definition) is 2. The lowest BCUT2D eigenvalue weighted by molar-refractivity contribution is 0.0950. The number of aromatic hydroxyl groups is 1. The molecule has 0 fully saturated rings. The molecule has 0 saturated carbocycles. The number of benzene rings is 2. The van der Waals surface area contributed by atoms with Gasteiger partial charge < -0.3 is 15.2 Å². The Morgan fingerprint density at radius 2 is 2.14 bits per heavy atom. The Labute approximate surface area is 141 Å². The molecule has 0 heterocycles. The van der Waals surface area contributed by atoms with E-state index in [0.29, 0.717) is 25.5 Å². The highest BCUT2D eigenvalue weighted by molar-refractivity contribution is 14.1. The first kappa shape index (κ1) is 15.9. The zero-order chi connectivity index (χ0) is 15.4. The van der Waals surface area contributed by atoms with Crippen LogP contribution in [-0.4, -0.2) is 18.1 Å². The summed E-state index contributed by atoms with van der Waals surface area (Å²) in [4.78, 5) is 12.1. The molecule has 0 bridgehead atoms. The molecule has 0 atom stereocenters. The van der Waals surface area contributed by atoms with Gasteiger partial charge in [-0.2, -0.15) is 0 Å². The van der Waals surface area contributed by atoms with Gasteiger partial charge in [0.05, 0.1) is 10.7 Å². The van der Waals surface area contributed by atoms with E-state index in [0.717, 1.165) is 0 Å². The highest BCUT2D eigenvalue weighted by Gasteiger charge is 2.11. The van der Waals surface area contributed by atoms with E-state index in [9.17, 15) is 9.90 Å². The van der Waals surface area contributed by atoms with Crippen molar-refractivity contribution in [2.45, 2.75) is 6.54 Å². The number of ether oxygens (including phenoxy) is 1. The van der Waals surface area contributed by atoms with Gasteiger partial charge in [0.15, 0.2) is 0 Å². The minimum absolute atomic E-state index is 0.0820. The zero-order valence-corrected chi connectivity index (χ0v) is 14.1. The van der Waals surface area contributed by atoms with Crippen molar-refractivity contribution in [3.05, 3.63) is 56.1 Å².